The number of rotatable bonds is 5. The average Bonchev–Trinajstić information content (AvgIpc) is 2.45. The van der Waals surface area contributed by atoms with E-state index in [-0.39, 0.29) is 11.9 Å². The van der Waals surface area contributed by atoms with E-state index in [2.05, 4.69) is 5.73 Å². The fraction of sp³-hybridized carbons (Fsp3) is 0.692. The fourth-order valence-corrected chi connectivity index (χ4v) is 3.06. The van der Waals surface area contributed by atoms with Crippen LogP contribution in [0.4, 0.5) is 0 Å². The van der Waals surface area contributed by atoms with E-state index in [0.29, 0.717) is 0 Å². The SMILES string of the molecule is CCOC(=O)C(=C=C1CCCCC1)P(=O)(OC)OC. The monoisotopic (exact) mass is 288 g/mol. The Labute approximate surface area is 114 Å². The van der Waals surface area contributed by atoms with Gasteiger partial charge in [-0.05, 0) is 38.2 Å². The number of hydrogen-bond acceptors (Lipinski definition) is 5. The lowest BCUT2D eigenvalue weighted by atomic mass is 9.96. The molecule has 1 rings (SSSR count). The third-order valence-electron chi connectivity index (χ3n) is 2.98. The van der Waals surface area contributed by atoms with Gasteiger partial charge in [-0.25, -0.2) is 4.79 Å². The van der Waals surface area contributed by atoms with Crippen molar-refractivity contribution in [3.63, 3.8) is 0 Å². The van der Waals surface area contributed by atoms with E-state index in [1.54, 1.807) is 6.92 Å². The quantitative estimate of drug-likeness (QED) is 0.336. The molecule has 0 amide bonds. The smallest absolute Gasteiger partial charge is 0.375 e. The number of esters is 1. The summed E-state index contributed by atoms with van der Waals surface area (Å²) in [5.74, 6) is -0.687. The summed E-state index contributed by atoms with van der Waals surface area (Å²) in [6.45, 7) is 1.89. The molecule has 0 aromatic carbocycles. The first-order valence-corrected chi connectivity index (χ1v) is 7.99. The minimum atomic E-state index is -3.63. The molecule has 19 heavy (non-hydrogen) atoms. The lowest BCUT2D eigenvalue weighted by Gasteiger charge is -2.16. The van der Waals surface area contributed by atoms with Crippen LogP contribution in [0.15, 0.2) is 16.6 Å². The average molecular weight is 288 g/mol. The molecule has 6 heteroatoms. The summed E-state index contributed by atoms with van der Waals surface area (Å²) in [6, 6.07) is 0. The zero-order valence-corrected chi connectivity index (χ0v) is 12.6. The Bertz CT molecular complexity index is 418. The summed E-state index contributed by atoms with van der Waals surface area (Å²) in [5.41, 5.74) is 3.90. The predicted octanol–water partition coefficient (Wildman–Crippen LogP) is 3.41. The van der Waals surface area contributed by atoms with Crippen molar-refractivity contribution < 1.29 is 23.1 Å². The number of ether oxygens (including phenoxy) is 1. The van der Waals surface area contributed by atoms with Crippen molar-refractivity contribution in [2.45, 2.75) is 39.0 Å². The maximum absolute atomic E-state index is 12.4. The van der Waals surface area contributed by atoms with E-state index in [4.69, 9.17) is 13.8 Å². The zero-order chi connectivity index (χ0) is 14.3. The molecule has 0 aliphatic heterocycles. The molecule has 0 bridgehead atoms. The van der Waals surface area contributed by atoms with Crippen LogP contribution in [0.2, 0.25) is 0 Å². The van der Waals surface area contributed by atoms with Gasteiger partial charge < -0.3 is 13.8 Å². The van der Waals surface area contributed by atoms with Gasteiger partial charge in [0.1, 0.15) is 0 Å². The molecule has 1 aliphatic carbocycles. The number of carbonyl (C=O) groups excluding carboxylic acids is 1. The molecule has 1 saturated carbocycles. The molecule has 108 valence electrons. The second-order valence-corrected chi connectivity index (χ2v) is 6.39. The first-order valence-electron chi connectivity index (χ1n) is 6.45. The molecule has 0 unspecified atom stereocenters. The lowest BCUT2D eigenvalue weighted by Crippen LogP contribution is -2.10. The van der Waals surface area contributed by atoms with Crippen LogP contribution in [0.3, 0.4) is 0 Å². The second-order valence-electron chi connectivity index (χ2n) is 4.22. The molecule has 0 aromatic rings. The van der Waals surface area contributed by atoms with Gasteiger partial charge in [-0.15, -0.1) is 0 Å². The fourth-order valence-electron chi connectivity index (χ4n) is 1.96. The molecule has 0 heterocycles. The van der Waals surface area contributed by atoms with E-state index in [1.807, 2.05) is 0 Å². The van der Waals surface area contributed by atoms with Crippen LogP contribution in [0.25, 0.3) is 0 Å². The van der Waals surface area contributed by atoms with E-state index < -0.39 is 13.6 Å². The molecule has 1 aliphatic rings. The van der Waals surface area contributed by atoms with Gasteiger partial charge in [0.25, 0.3) is 0 Å². The summed E-state index contributed by atoms with van der Waals surface area (Å²) in [4.78, 5) is 11.9. The van der Waals surface area contributed by atoms with Gasteiger partial charge in [0.05, 0.1) is 6.61 Å². The van der Waals surface area contributed by atoms with Gasteiger partial charge in [0.2, 0.25) is 0 Å². The molecule has 0 atom stereocenters. The van der Waals surface area contributed by atoms with E-state index in [1.165, 1.54) is 20.6 Å². The Morgan fingerprint density at radius 2 is 1.79 bits per heavy atom. The molecule has 1 fully saturated rings. The molecule has 0 N–H and O–H groups in total. The van der Waals surface area contributed by atoms with Crippen molar-refractivity contribution in [3.8, 4) is 0 Å². The second kappa shape index (κ2) is 7.66. The third-order valence-corrected chi connectivity index (χ3v) is 4.78. The highest BCUT2D eigenvalue weighted by molar-refractivity contribution is 7.59. The minimum absolute atomic E-state index is 0.128. The van der Waals surface area contributed by atoms with Crippen molar-refractivity contribution in [1.82, 2.24) is 0 Å². The summed E-state index contributed by atoms with van der Waals surface area (Å²) < 4.78 is 27.0. The normalized spacial score (nSPS) is 15.8. The van der Waals surface area contributed by atoms with Crippen molar-refractivity contribution in [1.29, 1.82) is 0 Å². The lowest BCUT2D eigenvalue weighted by molar-refractivity contribution is -0.137. The van der Waals surface area contributed by atoms with Gasteiger partial charge in [0.15, 0.2) is 5.31 Å². The van der Waals surface area contributed by atoms with Crippen molar-refractivity contribution in [2.24, 2.45) is 0 Å². The third kappa shape index (κ3) is 4.32. The maximum Gasteiger partial charge on any atom is 0.375 e. The summed E-state index contributed by atoms with van der Waals surface area (Å²) >= 11 is 0. The molecule has 0 spiro atoms. The Hall–Kier alpha value is -0.860. The van der Waals surface area contributed by atoms with Gasteiger partial charge in [-0.1, -0.05) is 12.2 Å². The van der Waals surface area contributed by atoms with E-state index in [0.717, 1.165) is 31.3 Å². The van der Waals surface area contributed by atoms with Gasteiger partial charge in [-0.3, -0.25) is 4.57 Å². The van der Waals surface area contributed by atoms with E-state index >= 15 is 0 Å². The first-order chi connectivity index (χ1) is 9.07. The molecule has 0 saturated heterocycles. The highest BCUT2D eigenvalue weighted by atomic mass is 31.2. The Morgan fingerprint density at radius 1 is 1.21 bits per heavy atom. The van der Waals surface area contributed by atoms with Gasteiger partial charge in [-0.2, -0.15) is 0 Å². The Morgan fingerprint density at radius 3 is 2.26 bits per heavy atom. The van der Waals surface area contributed by atoms with Gasteiger partial charge in [0, 0.05) is 14.2 Å². The molecule has 5 nitrogen and oxygen atoms in total. The molecular weight excluding hydrogens is 267 g/mol. The van der Waals surface area contributed by atoms with Crippen LogP contribution in [-0.2, 0) is 23.1 Å². The topological polar surface area (TPSA) is 61.8 Å². The summed E-state index contributed by atoms with van der Waals surface area (Å²) in [7, 11) is -1.14. The highest BCUT2D eigenvalue weighted by Crippen LogP contribution is 2.54. The van der Waals surface area contributed by atoms with Crippen LogP contribution >= 0.6 is 7.60 Å². The standard InChI is InChI=1S/C13H21O5P/c1-4-18-13(14)12(19(15,16-2)17-3)10-11-8-6-5-7-9-11/h4-9H2,1-3H3. The van der Waals surface area contributed by atoms with Crippen molar-refractivity contribution in [3.05, 3.63) is 16.6 Å². The molecule has 0 aromatic heterocycles. The Balaban J connectivity index is 3.22. The van der Waals surface area contributed by atoms with Crippen molar-refractivity contribution in [2.75, 3.05) is 20.8 Å². The van der Waals surface area contributed by atoms with Crippen LogP contribution < -0.4 is 0 Å². The van der Waals surface area contributed by atoms with Crippen molar-refractivity contribution >= 4 is 13.6 Å². The minimum Gasteiger partial charge on any atom is -0.462 e. The first kappa shape index (κ1) is 16.2. The largest absolute Gasteiger partial charge is 0.462 e. The Kier molecular flexibility index (Phi) is 6.53. The van der Waals surface area contributed by atoms with E-state index in [9.17, 15) is 9.36 Å². The van der Waals surface area contributed by atoms with Crippen LogP contribution in [0, 0.1) is 0 Å². The van der Waals surface area contributed by atoms with Crippen LogP contribution in [-0.4, -0.2) is 26.8 Å². The highest BCUT2D eigenvalue weighted by Gasteiger charge is 2.35. The number of carbonyl (C=O) groups is 1. The van der Waals surface area contributed by atoms with Gasteiger partial charge >= 0.3 is 13.6 Å². The molecular formula is C13H21O5P. The summed E-state index contributed by atoms with van der Waals surface area (Å²) in [6.07, 6.45) is 5.00. The zero-order valence-electron chi connectivity index (χ0n) is 11.7. The number of hydrogen-bond donors (Lipinski definition) is 0. The summed E-state index contributed by atoms with van der Waals surface area (Å²) in [5, 5.41) is -0.128. The van der Waals surface area contributed by atoms with Crippen LogP contribution in [0.5, 0.6) is 0 Å². The predicted molar refractivity (Wildman–Crippen MR) is 71.9 cm³/mol. The van der Waals surface area contributed by atoms with Crippen LogP contribution in [0.1, 0.15) is 39.0 Å². The maximum atomic E-state index is 12.4. The molecule has 0 radical (unpaired) electrons.